The second kappa shape index (κ2) is 5.82. The minimum absolute atomic E-state index is 0.0204. The van der Waals surface area contributed by atoms with Crippen LogP contribution in [0.4, 0.5) is 0 Å². The van der Waals surface area contributed by atoms with Crippen molar-refractivity contribution in [2.24, 2.45) is 5.14 Å². The van der Waals surface area contributed by atoms with Gasteiger partial charge in [-0.25, -0.2) is 10.1 Å². The number of nitriles is 1. The Morgan fingerprint density at radius 2 is 1.96 bits per heavy atom. The van der Waals surface area contributed by atoms with Gasteiger partial charge >= 0.3 is 0 Å². The van der Waals surface area contributed by atoms with Crippen molar-refractivity contribution in [2.45, 2.75) is 6.54 Å². The van der Waals surface area contributed by atoms with Gasteiger partial charge in [-0.15, -0.1) is 0 Å². The summed E-state index contributed by atoms with van der Waals surface area (Å²) in [5.41, 5.74) is 1.28. The highest BCUT2D eigenvalue weighted by molar-refractivity contribution is 7.87. The van der Waals surface area contributed by atoms with Crippen LogP contribution in [-0.4, -0.2) is 23.8 Å². The van der Waals surface area contributed by atoms with Gasteiger partial charge in [0, 0.05) is 6.54 Å². The fourth-order valence-electron chi connectivity index (χ4n) is 3.01. The topological polar surface area (TPSA) is 148 Å². The normalized spacial score (nSPS) is 12.7. The third kappa shape index (κ3) is 2.80. The van der Waals surface area contributed by atoms with Crippen LogP contribution in [0.5, 0.6) is 0 Å². The molecule has 10 heteroatoms. The average Bonchev–Trinajstić information content (AvgIpc) is 2.92. The van der Waals surface area contributed by atoms with Gasteiger partial charge in [0.2, 0.25) is 5.78 Å². The van der Waals surface area contributed by atoms with Crippen molar-refractivity contribution < 1.29 is 13.2 Å². The van der Waals surface area contributed by atoms with Gasteiger partial charge in [-0.1, -0.05) is 6.07 Å². The highest BCUT2D eigenvalue weighted by atomic mass is 32.2. The van der Waals surface area contributed by atoms with E-state index in [1.165, 1.54) is 34.9 Å². The number of aromatic nitrogens is 2. The lowest BCUT2D eigenvalue weighted by Gasteiger charge is -2.07. The van der Waals surface area contributed by atoms with Crippen molar-refractivity contribution in [3.63, 3.8) is 0 Å². The van der Waals surface area contributed by atoms with Gasteiger partial charge in [0.25, 0.3) is 15.8 Å². The van der Waals surface area contributed by atoms with Crippen molar-refractivity contribution in [1.82, 2.24) is 14.3 Å². The molecule has 0 spiro atoms. The van der Waals surface area contributed by atoms with E-state index in [9.17, 15) is 18.0 Å². The van der Waals surface area contributed by atoms with E-state index in [0.29, 0.717) is 22.3 Å². The largest absolute Gasteiger partial charge is 0.285 e. The molecular weight excluding hydrogens is 370 g/mol. The summed E-state index contributed by atoms with van der Waals surface area (Å²) in [4.78, 5) is 29.9. The van der Waals surface area contributed by atoms with Gasteiger partial charge in [0.05, 0.1) is 33.8 Å². The maximum absolute atomic E-state index is 13.0. The first kappa shape index (κ1) is 17.0. The first-order chi connectivity index (χ1) is 12.8. The smallest absolute Gasteiger partial charge is 0.274 e. The minimum Gasteiger partial charge on any atom is -0.285 e. The van der Waals surface area contributed by atoms with Crippen LogP contribution in [0.2, 0.25) is 0 Å². The molecule has 4 rings (SSSR count). The first-order valence-electron chi connectivity index (χ1n) is 7.71. The molecule has 1 aromatic heterocycles. The molecule has 3 N–H and O–H groups in total. The van der Waals surface area contributed by atoms with Crippen LogP contribution in [0.1, 0.15) is 27.3 Å². The molecular formula is C17H11N5O4S. The summed E-state index contributed by atoms with van der Waals surface area (Å²) in [6.07, 6.45) is 0. The summed E-state index contributed by atoms with van der Waals surface area (Å²) < 4.78 is 25.4. The fourth-order valence-corrected chi connectivity index (χ4v) is 3.37. The lowest BCUT2D eigenvalue weighted by atomic mass is 10.1. The molecule has 0 unspecified atom stereocenters. The number of fused-ring (bicyclic) bond motifs is 4. The molecule has 27 heavy (non-hydrogen) atoms. The van der Waals surface area contributed by atoms with E-state index in [0.717, 1.165) is 0 Å². The fraction of sp³-hybridized carbons (Fsp3) is 0.0588. The predicted octanol–water partition coefficient (Wildman–Crippen LogP) is 0.0949. The van der Waals surface area contributed by atoms with Gasteiger partial charge in [-0.05, 0) is 35.9 Å². The number of hydrogen-bond donors (Lipinski definition) is 2. The van der Waals surface area contributed by atoms with Crippen LogP contribution in [0.3, 0.4) is 0 Å². The molecule has 0 bridgehead atoms. The lowest BCUT2D eigenvalue weighted by Crippen LogP contribution is -2.30. The van der Waals surface area contributed by atoms with Crippen LogP contribution in [0.15, 0.2) is 41.2 Å². The van der Waals surface area contributed by atoms with Gasteiger partial charge in [0.15, 0.2) is 5.82 Å². The van der Waals surface area contributed by atoms with E-state index < -0.39 is 21.6 Å². The number of nitrogens with one attached hydrogen (secondary N) is 1. The summed E-state index contributed by atoms with van der Waals surface area (Å²) in [6, 6.07) is 11.1. The molecule has 0 atom stereocenters. The molecule has 0 aliphatic carbocycles. The SMILES string of the molecule is N#Cc1ccc2c(c1)C(=O)c1nc3ccc(CNS(N)(=O)=O)cc3c(=O)n1-2. The number of nitrogens with two attached hydrogens (primary N) is 1. The van der Waals surface area contributed by atoms with Gasteiger partial charge < -0.3 is 0 Å². The van der Waals surface area contributed by atoms with Crippen molar-refractivity contribution in [3.8, 4) is 11.8 Å². The summed E-state index contributed by atoms with van der Waals surface area (Å²) in [5, 5.41) is 14.2. The Kier molecular flexibility index (Phi) is 3.67. The summed E-state index contributed by atoms with van der Waals surface area (Å²) in [7, 11) is -3.87. The second-order valence-electron chi connectivity index (χ2n) is 5.97. The van der Waals surface area contributed by atoms with E-state index in [2.05, 4.69) is 9.71 Å². The molecule has 0 fully saturated rings. The Bertz CT molecular complexity index is 1350. The Balaban J connectivity index is 1.90. The predicted molar refractivity (Wildman–Crippen MR) is 95.4 cm³/mol. The average molecular weight is 381 g/mol. The number of benzene rings is 2. The van der Waals surface area contributed by atoms with Crippen molar-refractivity contribution in [3.05, 3.63) is 69.3 Å². The lowest BCUT2D eigenvalue weighted by molar-refractivity contribution is 0.103. The van der Waals surface area contributed by atoms with Gasteiger partial charge in [0.1, 0.15) is 0 Å². The Morgan fingerprint density at radius 3 is 2.67 bits per heavy atom. The summed E-state index contributed by atoms with van der Waals surface area (Å²) in [6.45, 7) is -0.0863. The number of hydrogen-bond acceptors (Lipinski definition) is 6. The van der Waals surface area contributed by atoms with Crippen LogP contribution < -0.4 is 15.4 Å². The van der Waals surface area contributed by atoms with E-state index in [-0.39, 0.29) is 23.3 Å². The maximum atomic E-state index is 13.0. The molecule has 0 radical (unpaired) electrons. The number of rotatable bonds is 3. The van der Waals surface area contributed by atoms with E-state index in [4.69, 9.17) is 10.4 Å². The zero-order valence-corrected chi connectivity index (χ0v) is 14.4. The van der Waals surface area contributed by atoms with Crippen LogP contribution in [-0.2, 0) is 16.8 Å². The number of nitrogens with zero attached hydrogens (tertiary/aromatic N) is 3. The van der Waals surface area contributed by atoms with Crippen molar-refractivity contribution in [1.29, 1.82) is 5.26 Å². The standard InChI is InChI=1S/C17H11N5O4S/c18-7-9-2-4-14-12(5-9)15(23)16-21-13-3-1-10(8-20-27(19,25)26)6-11(13)17(24)22(14)16/h1-6,20H,8H2,(H2,19,25,26). The van der Waals surface area contributed by atoms with Crippen LogP contribution in [0.25, 0.3) is 16.6 Å². The molecule has 9 nitrogen and oxygen atoms in total. The van der Waals surface area contributed by atoms with E-state index >= 15 is 0 Å². The molecule has 2 aromatic carbocycles. The zero-order valence-electron chi connectivity index (χ0n) is 13.6. The third-order valence-electron chi connectivity index (χ3n) is 4.22. The maximum Gasteiger partial charge on any atom is 0.274 e. The van der Waals surface area contributed by atoms with Gasteiger partial charge in [-0.2, -0.15) is 18.4 Å². The highest BCUT2D eigenvalue weighted by Crippen LogP contribution is 2.27. The minimum atomic E-state index is -3.87. The molecule has 1 aliphatic heterocycles. The second-order valence-corrected chi connectivity index (χ2v) is 7.35. The monoisotopic (exact) mass is 381 g/mol. The number of carbonyl (C=O) groups is 1. The summed E-state index contributed by atoms with van der Waals surface area (Å²) >= 11 is 0. The van der Waals surface area contributed by atoms with Crippen LogP contribution >= 0.6 is 0 Å². The van der Waals surface area contributed by atoms with Crippen molar-refractivity contribution in [2.75, 3.05) is 0 Å². The Hall–Kier alpha value is -3.39. The van der Waals surface area contributed by atoms with Gasteiger partial charge in [-0.3, -0.25) is 14.2 Å². The Morgan fingerprint density at radius 1 is 1.19 bits per heavy atom. The number of carbonyl (C=O) groups excluding carboxylic acids is 1. The molecule has 134 valence electrons. The zero-order chi connectivity index (χ0) is 19.3. The van der Waals surface area contributed by atoms with E-state index in [1.807, 2.05) is 6.07 Å². The molecule has 3 aromatic rings. The quantitative estimate of drug-likeness (QED) is 0.514. The highest BCUT2D eigenvalue weighted by Gasteiger charge is 2.30. The molecule has 0 saturated heterocycles. The molecule has 0 amide bonds. The van der Waals surface area contributed by atoms with Crippen LogP contribution in [0, 0.1) is 11.3 Å². The molecule has 1 aliphatic rings. The van der Waals surface area contributed by atoms with Crippen molar-refractivity contribution >= 4 is 26.9 Å². The molecule has 2 heterocycles. The Labute approximate surface area is 152 Å². The number of ketones is 1. The first-order valence-corrected chi connectivity index (χ1v) is 9.25. The third-order valence-corrected chi connectivity index (χ3v) is 4.77. The summed E-state index contributed by atoms with van der Waals surface area (Å²) in [5.74, 6) is -0.450. The van der Waals surface area contributed by atoms with E-state index in [1.54, 1.807) is 6.07 Å². The molecule has 0 saturated carbocycles.